The van der Waals surface area contributed by atoms with Crippen LogP contribution in [0.3, 0.4) is 0 Å². The third-order valence-electron chi connectivity index (χ3n) is 2.95. The summed E-state index contributed by atoms with van der Waals surface area (Å²) < 4.78 is 0. The van der Waals surface area contributed by atoms with Gasteiger partial charge in [-0.1, -0.05) is 30.7 Å². The summed E-state index contributed by atoms with van der Waals surface area (Å²) in [4.78, 5) is 27.5. The lowest BCUT2D eigenvalue weighted by Gasteiger charge is -2.05. The Labute approximate surface area is 137 Å². The Morgan fingerprint density at radius 3 is 2.82 bits per heavy atom. The second-order valence-electron chi connectivity index (χ2n) is 4.63. The van der Waals surface area contributed by atoms with Crippen molar-refractivity contribution in [1.82, 2.24) is 10.3 Å². The predicted molar refractivity (Wildman–Crippen MR) is 85.5 cm³/mol. The third kappa shape index (κ3) is 4.29. The van der Waals surface area contributed by atoms with Crippen LogP contribution in [0.25, 0.3) is 0 Å². The van der Waals surface area contributed by atoms with Gasteiger partial charge in [0.15, 0.2) is 0 Å². The number of amides is 1. The largest absolute Gasteiger partial charge is 0.477 e. The summed E-state index contributed by atoms with van der Waals surface area (Å²) in [5.41, 5.74) is 1.20. The van der Waals surface area contributed by atoms with Crippen LogP contribution in [0, 0.1) is 0 Å². The zero-order valence-corrected chi connectivity index (χ0v) is 13.5. The fourth-order valence-corrected chi connectivity index (χ4v) is 2.97. The first-order chi connectivity index (χ1) is 10.5. The average molecular weight is 339 g/mol. The Morgan fingerprint density at radius 1 is 1.41 bits per heavy atom. The lowest BCUT2D eigenvalue weighted by Crippen LogP contribution is -2.25. The number of nitrogens with one attached hydrogen (secondary N) is 1. The number of aromatic carboxylic acids is 1. The number of rotatable bonds is 6. The maximum atomic E-state index is 12.0. The van der Waals surface area contributed by atoms with Crippen molar-refractivity contribution in [3.05, 3.63) is 50.4 Å². The number of carbonyl (C=O) groups is 2. The fourth-order valence-electron chi connectivity index (χ4n) is 1.90. The lowest BCUT2D eigenvalue weighted by molar-refractivity contribution is -0.120. The fraction of sp³-hybridized carbons (Fsp3) is 0.267. The van der Waals surface area contributed by atoms with E-state index in [0.29, 0.717) is 23.7 Å². The summed E-state index contributed by atoms with van der Waals surface area (Å²) in [6, 6.07) is 7.18. The van der Waals surface area contributed by atoms with Gasteiger partial charge in [-0.2, -0.15) is 0 Å². The van der Waals surface area contributed by atoms with E-state index >= 15 is 0 Å². The van der Waals surface area contributed by atoms with E-state index in [1.54, 1.807) is 18.2 Å². The summed E-state index contributed by atoms with van der Waals surface area (Å²) >= 11 is 7.00. The molecule has 0 saturated heterocycles. The molecule has 1 aromatic carbocycles. The Morgan fingerprint density at radius 2 is 2.18 bits per heavy atom. The molecule has 1 heterocycles. The molecule has 116 valence electrons. The standard InChI is InChI=1S/C15H15ClN2O3S/c1-2-13-18-11(14(22-13)15(20)21)7-12(19)17-8-9-4-3-5-10(16)6-9/h3-6H,2,7-8H2,1H3,(H,17,19)(H,20,21). The maximum Gasteiger partial charge on any atom is 0.347 e. The van der Waals surface area contributed by atoms with E-state index in [1.807, 2.05) is 13.0 Å². The Hall–Kier alpha value is -1.92. The summed E-state index contributed by atoms with van der Waals surface area (Å²) in [5, 5.41) is 13.2. The van der Waals surface area contributed by atoms with Gasteiger partial charge in [0, 0.05) is 11.6 Å². The molecule has 2 N–H and O–H groups in total. The molecule has 1 amide bonds. The highest BCUT2D eigenvalue weighted by molar-refractivity contribution is 7.13. The minimum atomic E-state index is -1.05. The number of hydrogen-bond donors (Lipinski definition) is 2. The minimum Gasteiger partial charge on any atom is -0.477 e. The molecule has 0 unspecified atom stereocenters. The SMILES string of the molecule is CCc1nc(CC(=O)NCc2cccc(Cl)c2)c(C(=O)O)s1. The van der Waals surface area contributed by atoms with Crippen LogP contribution in [0.5, 0.6) is 0 Å². The molecule has 0 aliphatic rings. The molecule has 0 spiro atoms. The van der Waals surface area contributed by atoms with Crippen LogP contribution in [0.4, 0.5) is 0 Å². The molecule has 0 bridgehead atoms. The van der Waals surface area contributed by atoms with E-state index in [4.69, 9.17) is 16.7 Å². The second-order valence-corrected chi connectivity index (χ2v) is 6.15. The smallest absolute Gasteiger partial charge is 0.347 e. The first-order valence-corrected chi connectivity index (χ1v) is 7.92. The van der Waals surface area contributed by atoms with Crippen molar-refractivity contribution < 1.29 is 14.7 Å². The normalized spacial score (nSPS) is 10.5. The van der Waals surface area contributed by atoms with E-state index in [-0.39, 0.29) is 17.2 Å². The highest BCUT2D eigenvalue weighted by atomic mass is 35.5. The van der Waals surface area contributed by atoms with Gasteiger partial charge in [-0.25, -0.2) is 9.78 Å². The van der Waals surface area contributed by atoms with Crippen molar-refractivity contribution in [3.8, 4) is 0 Å². The molecule has 5 nitrogen and oxygen atoms in total. The average Bonchev–Trinajstić information content (AvgIpc) is 2.88. The van der Waals surface area contributed by atoms with Gasteiger partial charge in [-0.05, 0) is 24.1 Å². The van der Waals surface area contributed by atoms with E-state index in [9.17, 15) is 9.59 Å². The van der Waals surface area contributed by atoms with Crippen molar-refractivity contribution >= 4 is 34.8 Å². The highest BCUT2D eigenvalue weighted by Gasteiger charge is 2.18. The summed E-state index contributed by atoms with van der Waals surface area (Å²) in [6.07, 6.45) is 0.605. The molecule has 2 rings (SSSR count). The van der Waals surface area contributed by atoms with Gasteiger partial charge < -0.3 is 10.4 Å². The molecular formula is C15H15ClN2O3S. The van der Waals surface area contributed by atoms with Crippen LogP contribution in [0.2, 0.25) is 5.02 Å². The van der Waals surface area contributed by atoms with E-state index in [0.717, 1.165) is 21.9 Å². The van der Waals surface area contributed by atoms with E-state index < -0.39 is 5.97 Å². The number of hydrogen-bond acceptors (Lipinski definition) is 4. The Bertz CT molecular complexity index is 700. The molecule has 0 aliphatic carbocycles. The zero-order chi connectivity index (χ0) is 16.1. The number of carboxylic acids is 1. The number of halogens is 1. The van der Waals surface area contributed by atoms with Crippen LogP contribution in [0.1, 0.15) is 32.9 Å². The molecule has 0 atom stereocenters. The van der Waals surface area contributed by atoms with E-state index in [2.05, 4.69) is 10.3 Å². The number of benzene rings is 1. The topological polar surface area (TPSA) is 79.3 Å². The van der Waals surface area contributed by atoms with Gasteiger partial charge in [0.05, 0.1) is 17.1 Å². The minimum absolute atomic E-state index is 0.0430. The van der Waals surface area contributed by atoms with Crippen LogP contribution >= 0.6 is 22.9 Å². The number of thiazole rings is 1. The highest BCUT2D eigenvalue weighted by Crippen LogP contribution is 2.20. The number of aromatic nitrogens is 1. The molecule has 7 heteroatoms. The van der Waals surface area contributed by atoms with Crippen molar-refractivity contribution in [2.45, 2.75) is 26.3 Å². The summed E-state index contributed by atoms with van der Waals surface area (Å²) in [7, 11) is 0. The van der Waals surface area contributed by atoms with Crippen molar-refractivity contribution in [3.63, 3.8) is 0 Å². The monoisotopic (exact) mass is 338 g/mol. The predicted octanol–water partition coefficient (Wildman–Crippen LogP) is 2.92. The quantitative estimate of drug-likeness (QED) is 0.848. The van der Waals surface area contributed by atoms with Crippen molar-refractivity contribution in [2.24, 2.45) is 0 Å². The molecule has 1 aromatic heterocycles. The van der Waals surface area contributed by atoms with Crippen molar-refractivity contribution in [1.29, 1.82) is 0 Å². The summed E-state index contributed by atoms with van der Waals surface area (Å²) in [6.45, 7) is 2.24. The number of aryl methyl sites for hydroxylation is 1. The van der Waals surface area contributed by atoms with Crippen LogP contribution in [-0.4, -0.2) is 22.0 Å². The molecule has 22 heavy (non-hydrogen) atoms. The maximum absolute atomic E-state index is 12.0. The Balaban J connectivity index is 2.00. The van der Waals surface area contributed by atoms with Gasteiger partial charge >= 0.3 is 5.97 Å². The molecule has 0 aliphatic heterocycles. The van der Waals surface area contributed by atoms with Crippen LogP contribution < -0.4 is 5.32 Å². The number of carboxylic acid groups (broad SMARTS) is 1. The summed E-state index contributed by atoms with van der Waals surface area (Å²) in [5.74, 6) is -1.31. The number of carbonyl (C=O) groups excluding carboxylic acids is 1. The molecule has 0 saturated carbocycles. The molecule has 0 radical (unpaired) electrons. The zero-order valence-electron chi connectivity index (χ0n) is 11.9. The Kier molecular flexibility index (Phi) is 5.51. The third-order valence-corrected chi connectivity index (χ3v) is 4.41. The van der Waals surface area contributed by atoms with Gasteiger partial charge in [-0.3, -0.25) is 4.79 Å². The van der Waals surface area contributed by atoms with E-state index in [1.165, 1.54) is 0 Å². The van der Waals surface area contributed by atoms with Crippen LogP contribution in [-0.2, 0) is 24.2 Å². The molecule has 2 aromatic rings. The molecular weight excluding hydrogens is 324 g/mol. The first-order valence-electron chi connectivity index (χ1n) is 6.72. The number of nitrogens with zero attached hydrogens (tertiary/aromatic N) is 1. The van der Waals surface area contributed by atoms with Crippen LogP contribution in [0.15, 0.2) is 24.3 Å². The van der Waals surface area contributed by atoms with Gasteiger partial charge in [-0.15, -0.1) is 11.3 Å². The second kappa shape index (κ2) is 7.38. The first kappa shape index (κ1) is 16.5. The molecule has 0 fully saturated rings. The van der Waals surface area contributed by atoms with Gasteiger partial charge in [0.2, 0.25) is 5.91 Å². The lowest BCUT2D eigenvalue weighted by atomic mass is 10.2. The van der Waals surface area contributed by atoms with Gasteiger partial charge in [0.25, 0.3) is 0 Å². The van der Waals surface area contributed by atoms with Gasteiger partial charge in [0.1, 0.15) is 4.88 Å². The van der Waals surface area contributed by atoms with Crippen molar-refractivity contribution in [2.75, 3.05) is 0 Å².